The number of ether oxygens (including phenoxy) is 2. The van der Waals surface area contributed by atoms with Gasteiger partial charge in [-0.15, -0.1) is 0 Å². The highest BCUT2D eigenvalue weighted by molar-refractivity contribution is 6.04. The van der Waals surface area contributed by atoms with Crippen LogP contribution in [-0.2, 0) is 6.42 Å². The van der Waals surface area contributed by atoms with E-state index in [1.807, 2.05) is 12.1 Å². The van der Waals surface area contributed by atoms with Gasteiger partial charge >= 0.3 is 0 Å². The third-order valence-corrected chi connectivity index (χ3v) is 4.88. The second kappa shape index (κ2) is 8.18. The van der Waals surface area contributed by atoms with Gasteiger partial charge in [0.1, 0.15) is 17.2 Å². The number of para-hydroxylation sites is 1. The number of hydrogen-bond donors (Lipinski definition) is 1. The summed E-state index contributed by atoms with van der Waals surface area (Å²) in [6.45, 7) is 0.811. The number of amides is 1. The van der Waals surface area contributed by atoms with Crippen LogP contribution in [0.1, 0.15) is 22.5 Å². The first-order valence-electron chi connectivity index (χ1n) is 9.41. The quantitative estimate of drug-likeness (QED) is 0.714. The highest BCUT2D eigenvalue weighted by atomic mass is 16.5. The first kappa shape index (κ1) is 18.7. The molecule has 2 aromatic carbocycles. The van der Waals surface area contributed by atoms with E-state index in [1.165, 1.54) is 5.56 Å². The van der Waals surface area contributed by atoms with Gasteiger partial charge in [-0.05, 0) is 42.7 Å². The molecular formula is C22H22N4O3. The summed E-state index contributed by atoms with van der Waals surface area (Å²) in [4.78, 5) is 23.8. The van der Waals surface area contributed by atoms with Crippen molar-refractivity contribution < 1.29 is 14.3 Å². The van der Waals surface area contributed by atoms with Crippen LogP contribution in [0.15, 0.2) is 54.7 Å². The van der Waals surface area contributed by atoms with Crippen molar-refractivity contribution in [3.05, 3.63) is 66.0 Å². The lowest BCUT2D eigenvalue weighted by Gasteiger charge is -2.29. The maximum absolute atomic E-state index is 12.8. The molecule has 29 heavy (non-hydrogen) atoms. The zero-order valence-corrected chi connectivity index (χ0v) is 16.4. The number of carbonyl (C=O) groups is 1. The Kier molecular flexibility index (Phi) is 5.29. The van der Waals surface area contributed by atoms with Crippen LogP contribution in [0.3, 0.4) is 0 Å². The molecule has 3 aromatic rings. The molecule has 1 aliphatic rings. The van der Waals surface area contributed by atoms with Gasteiger partial charge in [-0.3, -0.25) is 4.79 Å². The summed E-state index contributed by atoms with van der Waals surface area (Å²) in [6.07, 6.45) is 3.65. The van der Waals surface area contributed by atoms with Crippen molar-refractivity contribution in [2.24, 2.45) is 0 Å². The lowest BCUT2D eigenvalue weighted by Crippen LogP contribution is -2.27. The molecule has 1 aromatic heterocycles. The van der Waals surface area contributed by atoms with E-state index < -0.39 is 0 Å². The summed E-state index contributed by atoms with van der Waals surface area (Å²) in [7, 11) is 3.12. The van der Waals surface area contributed by atoms with E-state index in [4.69, 9.17) is 9.47 Å². The van der Waals surface area contributed by atoms with Crippen molar-refractivity contribution in [1.82, 2.24) is 9.97 Å². The number of methoxy groups -OCH3 is 2. The highest BCUT2D eigenvalue weighted by Gasteiger charge is 2.21. The van der Waals surface area contributed by atoms with Crippen LogP contribution in [-0.4, -0.2) is 36.6 Å². The molecule has 0 saturated heterocycles. The molecular weight excluding hydrogens is 368 g/mol. The van der Waals surface area contributed by atoms with Gasteiger partial charge in [0, 0.05) is 24.5 Å². The third kappa shape index (κ3) is 3.85. The summed E-state index contributed by atoms with van der Waals surface area (Å²) >= 11 is 0. The third-order valence-electron chi connectivity index (χ3n) is 4.88. The monoisotopic (exact) mass is 390 g/mol. The lowest BCUT2D eigenvalue weighted by atomic mass is 10.0. The fourth-order valence-electron chi connectivity index (χ4n) is 3.44. The maximum Gasteiger partial charge on any atom is 0.274 e. The average Bonchev–Trinajstić information content (AvgIpc) is 2.78. The molecule has 0 atom stereocenters. The minimum Gasteiger partial charge on any atom is -0.497 e. The number of rotatable bonds is 5. The Morgan fingerprint density at radius 1 is 1.10 bits per heavy atom. The second-order valence-electron chi connectivity index (χ2n) is 6.65. The molecule has 1 N–H and O–H groups in total. The van der Waals surface area contributed by atoms with Crippen LogP contribution in [0, 0.1) is 0 Å². The molecule has 0 aliphatic carbocycles. The lowest BCUT2D eigenvalue weighted by molar-refractivity contribution is 0.102. The maximum atomic E-state index is 12.8. The van der Waals surface area contributed by atoms with E-state index in [0.29, 0.717) is 23.1 Å². The normalized spacial score (nSPS) is 12.8. The van der Waals surface area contributed by atoms with Crippen LogP contribution in [0.2, 0.25) is 0 Å². The second-order valence-corrected chi connectivity index (χ2v) is 6.65. The van der Waals surface area contributed by atoms with Gasteiger partial charge in [0.05, 0.1) is 19.9 Å². The molecule has 1 amide bonds. The van der Waals surface area contributed by atoms with Gasteiger partial charge in [-0.1, -0.05) is 18.2 Å². The number of fused-ring (bicyclic) bond motifs is 1. The van der Waals surface area contributed by atoms with Gasteiger partial charge in [-0.25, -0.2) is 9.97 Å². The van der Waals surface area contributed by atoms with Crippen LogP contribution in [0.5, 0.6) is 11.5 Å². The molecule has 0 radical (unpaired) electrons. The molecule has 1 aliphatic heterocycles. The Morgan fingerprint density at radius 2 is 1.97 bits per heavy atom. The number of carbonyl (C=O) groups excluding carboxylic acids is 1. The SMILES string of the molecule is COc1ccc(OC)c(NC(=O)c2ccnc(N3CCCc4ccccc43)n2)c1. The summed E-state index contributed by atoms with van der Waals surface area (Å²) in [5, 5.41) is 2.85. The van der Waals surface area contributed by atoms with Gasteiger partial charge in [0.15, 0.2) is 0 Å². The summed E-state index contributed by atoms with van der Waals surface area (Å²) < 4.78 is 10.6. The van der Waals surface area contributed by atoms with Crippen molar-refractivity contribution in [3.63, 3.8) is 0 Å². The zero-order chi connectivity index (χ0) is 20.2. The minimum atomic E-state index is -0.342. The Balaban J connectivity index is 1.61. The minimum absolute atomic E-state index is 0.280. The van der Waals surface area contributed by atoms with Crippen molar-refractivity contribution in [2.75, 3.05) is 31.0 Å². The number of aromatic nitrogens is 2. The Bertz CT molecular complexity index is 1040. The van der Waals surface area contributed by atoms with Gasteiger partial charge in [-0.2, -0.15) is 0 Å². The van der Waals surface area contributed by atoms with Gasteiger partial charge < -0.3 is 19.7 Å². The summed E-state index contributed by atoms with van der Waals surface area (Å²) in [5.74, 6) is 1.33. The molecule has 0 saturated carbocycles. The molecule has 148 valence electrons. The zero-order valence-electron chi connectivity index (χ0n) is 16.4. The number of nitrogens with zero attached hydrogens (tertiary/aromatic N) is 3. The number of nitrogens with one attached hydrogen (secondary N) is 1. The smallest absolute Gasteiger partial charge is 0.274 e. The van der Waals surface area contributed by atoms with E-state index in [-0.39, 0.29) is 11.6 Å². The van der Waals surface area contributed by atoms with Crippen LogP contribution in [0.4, 0.5) is 17.3 Å². The molecule has 7 heteroatoms. The van der Waals surface area contributed by atoms with E-state index in [2.05, 4.69) is 32.3 Å². The highest BCUT2D eigenvalue weighted by Crippen LogP contribution is 2.32. The number of benzene rings is 2. The predicted octanol–water partition coefficient (Wildman–Crippen LogP) is 3.83. The topological polar surface area (TPSA) is 76.6 Å². The first-order chi connectivity index (χ1) is 14.2. The molecule has 2 heterocycles. The van der Waals surface area contributed by atoms with E-state index >= 15 is 0 Å². The Hall–Kier alpha value is -3.61. The molecule has 0 bridgehead atoms. The predicted molar refractivity (Wildman–Crippen MR) is 111 cm³/mol. The fraction of sp³-hybridized carbons (Fsp3) is 0.227. The van der Waals surface area contributed by atoms with Crippen molar-refractivity contribution >= 4 is 23.2 Å². The first-order valence-corrected chi connectivity index (χ1v) is 9.41. The Labute approximate surface area is 169 Å². The van der Waals surface area contributed by atoms with Crippen molar-refractivity contribution in [3.8, 4) is 11.5 Å². The fourth-order valence-corrected chi connectivity index (χ4v) is 3.44. The van der Waals surface area contributed by atoms with E-state index in [9.17, 15) is 4.79 Å². The van der Waals surface area contributed by atoms with Gasteiger partial charge in [0.2, 0.25) is 5.95 Å². The largest absolute Gasteiger partial charge is 0.497 e. The number of anilines is 3. The average molecular weight is 390 g/mol. The summed E-state index contributed by atoms with van der Waals surface area (Å²) in [5.41, 5.74) is 3.15. The van der Waals surface area contributed by atoms with E-state index in [0.717, 1.165) is 25.1 Å². The molecule has 0 spiro atoms. The summed E-state index contributed by atoms with van der Waals surface area (Å²) in [6, 6.07) is 15.0. The number of hydrogen-bond acceptors (Lipinski definition) is 6. The molecule has 4 rings (SSSR count). The van der Waals surface area contributed by atoms with Crippen LogP contribution < -0.4 is 19.7 Å². The Morgan fingerprint density at radius 3 is 2.79 bits per heavy atom. The van der Waals surface area contributed by atoms with Gasteiger partial charge in [0.25, 0.3) is 5.91 Å². The van der Waals surface area contributed by atoms with Crippen LogP contribution in [0.25, 0.3) is 0 Å². The standard InChI is InChI=1S/C22H22N4O3/c1-28-16-9-10-20(29-2)18(14-16)24-21(27)17-11-12-23-22(25-17)26-13-5-7-15-6-3-4-8-19(15)26/h3-4,6,8-12,14H,5,7,13H2,1-2H3,(H,24,27). The van der Waals surface area contributed by atoms with Crippen LogP contribution >= 0.6 is 0 Å². The molecule has 0 fully saturated rings. The van der Waals surface area contributed by atoms with Crippen molar-refractivity contribution in [1.29, 1.82) is 0 Å². The molecule has 7 nitrogen and oxygen atoms in total. The molecule has 0 unspecified atom stereocenters. The van der Waals surface area contributed by atoms with E-state index in [1.54, 1.807) is 44.7 Å². The van der Waals surface area contributed by atoms with Crippen molar-refractivity contribution in [2.45, 2.75) is 12.8 Å². The number of aryl methyl sites for hydroxylation is 1.